The van der Waals surface area contributed by atoms with Crippen molar-refractivity contribution >= 4 is 5.78 Å². The number of hydrogen-bond acceptors (Lipinski definition) is 3. The molecule has 0 amide bonds. The summed E-state index contributed by atoms with van der Waals surface area (Å²) in [6, 6.07) is 5.89. The van der Waals surface area contributed by atoms with Gasteiger partial charge in [0.1, 0.15) is 0 Å². The van der Waals surface area contributed by atoms with Crippen LogP contribution in [0.15, 0.2) is 18.2 Å². The minimum atomic E-state index is -0.738. The van der Waals surface area contributed by atoms with E-state index in [-0.39, 0.29) is 5.78 Å². The van der Waals surface area contributed by atoms with Crippen LogP contribution >= 0.6 is 0 Å². The van der Waals surface area contributed by atoms with Gasteiger partial charge < -0.3 is 10.5 Å². The topological polar surface area (TPSA) is 52.3 Å². The van der Waals surface area contributed by atoms with Crippen molar-refractivity contribution in [2.45, 2.75) is 32.2 Å². The normalized spacial score (nSPS) is 19.0. The van der Waals surface area contributed by atoms with Crippen molar-refractivity contribution in [1.82, 2.24) is 0 Å². The second-order valence-corrected chi connectivity index (χ2v) is 4.97. The molecule has 1 fully saturated rings. The lowest BCUT2D eigenvalue weighted by atomic mass is 9.83. The van der Waals surface area contributed by atoms with Gasteiger partial charge in [-0.25, -0.2) is 0 Å². The van der Waals surface area contributed by atoms with E-state index in [9.17, 15) is 4.79 Å². The van der Waals surface area contributed by atoms with Gasteiger partial charge in [-0.2, -0.15) is 0 Å². The van der Waals surface area contributed by atoms with Crippen molar-refractivity contribution in [2.24, 2.45) is 5.73 Å². The predicted octanol–water partition coefficient (Wildman–Crippen LogP) is 1.99. The number of ketones is 1. The van der Waals surface area contributed by atoms with Crippen LogP contribution in [0.3, 0.4) is 0 Å². The number of nitrogens with two attached hydrogens (primary N) is 1. The minimum Gasteiger partial charge on any atom is -0.381 e. The highest BCUT2D eigenvalue weighted by atomic mass is 16.5. The van der Waals surface area contributed by atoms with Crippen LogP contribution in [0, 0.1) is 13.8 Å². The molecule has 1 saturated heterocycles. The summed E-state index contributed by atoms with van der Waals surface area (Å²) >= 11 is 0. The third-order valence-electron chi connectivity index (χ3n) is 3.32. The van der Waals surface area contributed by atoms with E-state index < -0.39 is 5.54 Å². The molecule has 1 aromatic carbocycles. The van der Waals surface area contributed by atoms with E-state index in [1.807, 2.05) is 26.0 Å². The van der Waals surface area contributed by atoms with Crippen LogP contribution in [-0.2, 0) is 4.74 Å². The van der Waals surface area contributed by atoms with Gasteiger partial charge in [-0.15, -0.1) is 0 Å². The quantitative estimate of drug-likeness (QED) is 0.795. The Kier molecular flexibility index (Phi) is 3.31. The third-order valence-corrected chi connectivity index (χ3v) is 3.32. The smallest absolute Gasteiger partial charge is 0.182 e. The molecule has 2 rings (SSSR count). The molecule has 1 heterocycles. The molecule has 0 saturated carbocycles. The Morgan fingerprint density at radius 1 is 1.18 bits per heavy atom. The first kappa shape index (κ1) is 12.3. The van der Waals surface area contributed by atoms with Gasteiger partial charge in [0.15, 0.2) is 5.78 Å². The predicted molar refractivity (Wildman–Crippen MR) is 67.2 cm³/mol. The van der Waals surface area contributed by atoms with Gasteiger partial charge >= 0.3 is 0 Å². The molecule has 1 aliphatic rings. The minimum absolute atomic E-state index is 0.0487. The molecule has 0 atom stereocenters. The third kappa shape index (κ3) is 2.56. The summed E-state index contributed by atoms with van der Waals surface area (Å²) in [4.78, 5) is 12.4. The molecule has 0 unspecified atom stereocenters. The highest BCUT2D eigenvalue weighted by Gasteiger charge is 2.36. The summed E-state index contributed by atoms with van der Waals surface area (Å²) in [6.45, 7) is 5.15. The van der Waals surface area contributed by atoms with Gasteiger partial charge in [0.2, 0.25) is 0 Å². The number of rotatable bonds is 2. The van der Waals surface area contributed by atoms with E-state index in [4.69, 9.17) is 10.5 Å². The summed E-state index contributed by atoms with van der Waals surface area (Å²) in [5, 5.41) is 0. The number of carbonyl (C=O) groups excluding carboxylic acids is 1. The lowest BCUT2D eigenvalue weighted by Gasteiger charge is -2.32. The van der Waals surface area contributed by atoms with Crippen LogP contribution in [0.2, 0.25) is 0 Å². The number of hydrogen-bond donors (Lipinski definition) is 1. The highest BCUT2D eigenvalue weighted by molar-refractivity contribution is 6.03. The van der Waals surface area contributed by atoms with Crippen molar-refractivity contribution < 1.29 is 9.53 Å². The summed E-state index contributed by atoms with van der Waals surface area (Å²) in [5.41, 5.74) is 8.40. The number of ether oxygens (including phenoxy) is 1. The van der Waals surface area contributed by atoms with Crippen molar-refractivity contribution in [3.8, 4) is 0 Å². The molecule has 0 aromatic heterocycles. The Bertz CT molecular complexity index is 414. The molecule has 3 heteroatoms. The van der Waals surface area contributed by atoms with Crippen molar-refractivity contribution in [3.05, 3.63) is 34.9 Å². The summed E-state index contributed by atoms with van der Waals surface area (Å²) in [7, 11) is 0. The van der Waals surface area contributed by atoms with E-state index in [1.165, 1.54) is 0 Å². The fraction of sp³-hybridized carbons (Fsp3) is 0.500. The molecule has 17 heavy (non-hydrogen) atoms. The van der Waals surface area contributed by atoms with Gasteiger partial charge in [-0.1, -0.05) is 17.2 Å². The molecule has 2 N–H and O–H groups in total. The molecule has 1 aliphatic heterocycles. The highest BCUT2D eigenvalue weighted by Crippen LogP contribution is 2.23. The fourth-order valence-corrected chi connectivity index (χ4v) is 2.36. The second-order valence-electron chi connectivity index (χ2n) is 4.97. The summed E-state index contributed by atoms with van der Waals surface area (Å²) in [5.74, 6) is 0.0487. The number of Topliss-reactive ketones (excluding diaryl/α,β-unsaturated/α-hetero) is 1. The zero-order valence-corrected chi connectivity index (χ0v) is 10.5. The molecule has 0 bridgehead atoms. The molecular formula is C14H19NO2. The standard InChI is InChI=1S/C14H19NO2/c1-10-7-11(2)9-12(8-10)13(16)14(15)3-5-17-6-4-14/h7-9H,3-6,15H2,1-2H3. The molecule has 92 valence electrons. The first-order valence-corrected chi connectivity index (χ1v) is 6.01. The molecule has 0 radical (unpaired) electrons. The Balaban J connectivity index is 2.29. The molecular weight excluding hydrogens is 214 g/mol. The zero-order chi connectivity index (χ0) is 12.5. The van der Waals surface area contributed by atoms with Crippen LogP contribution in [-0.4, -0.2) is 24.5 Å². The first-order chi connectivity index (χ1) is 8.01. The van der Waals surface area contributed by atoms with Crippen LogP contribution in [0.1, 0.15) is 34.3 Å². The second kappa shape index (κ2) is 4.59. The summed E-state index contributed by atoms with van der Waals surface area (Å²) in [6.07, 6.45) is 1.22. The first-order valence-electron chi connectivity index (χ1n) is 6.01. The Morgan fingerprint density at radius 3 is 2.24 bits per heavy atom. The van der Waals surface area contributed by atoms with Crippen molar-refractivity contribution in [3.63, 3.8) is 0 Å². The van der Waals surface area contributed by atoms with Gasteiger partial charge in [0.25, 0.3) is 0 Å². The number of aryl methyl sites for hydroxylation is 2. The Labute approximate surface area is 102 Å². The van der Waals surface area contributed by atoms with Gasteiger partial charge in [-0.05, 0) is 38.8 Å². The van der Waals surface area contributed by atoms with E-state index in [2.05, 4.69) is 6.07 Å². The van der Waals surface area contributed by atoms with Gasteiger partial charge in [-0.3, -0.25) is 4.79 Å². The maximum Gasteiger partial charge on any atom is 0.182 e. The van der Waals surface area contributed by atoms with Crippen LogP contribution in [0.5, 0.6) is 0 Å². The average molecular weight is 233 g/mol. The van der Waals surface area contributed by atoms with E-state index in [0.29, 0.717) is 26.1 Å². The Hall–Kier alpha value is -1.19. The number of benzene rings is 1. The van der Waals surface area contributed by atoms with Crippen molar-refractivity contribution in [1.29, 1.82) is 0 Å². The largest absolute Gasteiger partial charge is 0.381 e. The Morgan fingerprint density at radius 2 is 1.71 bits per heavy atom. The van der Waals surface area contributed by atoms with Gasteiger partial charge in [0.05, 0.1) is 5.54 Å². The van der Waals surface area contributed by atoms with Crippen LogP contribution < -0.4 is 5.73 Å². The van der Waals surface area contributed by atoms with E-state index >= 15 is 0 Å². The van der Waals surface area contributed by atoms with Gasteiger partial charge in [0, 0.05) is 18.8 Å². The maximum atomic E-state index is 12.4. The SMILES string of the molecule is Cc1cc(C)cc(C(=O)C2(N)CCOCC2)c1. The van der Waals surface area contributed by atoms with Crippen LogP contribution in [0.25, 0.3) is 0 Å². The fourth-order valence-electron chi connectivity index (χ4n) is 2.36. The monoisotopic (exact) mass is 233 g/mol. The molecule has 3 nitrogen and oxygen atoms in total. The summed E-state index contributed by atoms with van der Waals surface area (Å²) < 4.78 is 5.27. The maximum absolute atomic E-state index is 12.4. The average Bonchev–Trinajstić information content (AvgIpc) is 2.27. The van der Waals surface area contributed by atoms with Crippen molar-refractivity contribution in [2.75, 3.05) is 13.2 Å². The van der Waals surface area contributed by atoms with E-state index in [1.54, 1.807) is 0 Å². The van der Waals surface area contributed by atoms with Crippen LogP contribution in [0.4, 0.5) is 0 Å². The lowest BCUT2D eigenvalue weighted by Crippen LogP contribution is -2.51. The van der Waals surface area contributed by atoms with E-state index in [0.717, 1.165) is 16.7 Å². The molecule has 0 spiro atoms. The lowest BCUT2D eigenvalue weighted by molar-refractivity contribution is 0.0448. The zero-order valence-electron chi connectivity index (χ0n) is 10.5. The number of carbonyl (C=O) groups is 1. The molecule has 1 aromatic rings. The molecule has 0 aliphatic carbocycles.